The summed E-state index contributed by atoms with van der Waals surface area (Å²) in [5.74, 6) is 0.374. The summed E-state index contributed by atoms with van der Waals surface area (Å²) < 4.78 is 5.49. The number of aliphatic hydroxyl groups is 1. The van der Waals surface area contributed by atoms with Gasteiger partial charge in [-0.05, 0) is 44.1 Å². The first kappa shape index (κ1) is 27.3. The second-order valence-corrected chi connectivity index (χ2v) is 10.3. The molecular formula is C27H38N2O5S. The number of esters is 1. The van der Waals surface area contributed by atoms with Crippen molar-refractivity contribution in [3.8, 4) is 0 Å². The molecule has 3 rings (SSSR count). The predicted octanol–water partition coefficient (Wildman–Crippen LogP) is 3.46. The number of nitrogens with zero attached hydrogens (tertiary/aromatic N) is 1. The lowest BCUT2D eigenvalue weighted by molar-refractivity contribution is -0.145. The van der Waals surface area contributed by atoms with Gasteiger partial charge in [0, 0.05) is 30.9 Å². The molecule has 0 bridgehead atoms. The van der Waals surface area contributed by atoms with E-state index in [1.165, 1.54) is 5.56 Å². The molecule has 3 atom stereocenters. The zero-order chi connectivity index (χ0) is 24.9. The van der Waals surface area contributed by atoms with Crippen LogP contribution < -0.4 is 5.32 Å². The van der Waals surface area contributed by atoms with Gasteiger partial charge in [0.15, 0.2) is 0 Å². The van der Waals surface area contributed by atoms with Gasteiger partial charge in [-0.1, -0.05) is 42.5 Å². The summed E-state index contributed by atoms with van der Waals surface area (Å²) in [5.41, 5.74) is 1.19. The maximum atomic E-state index is 13.3. The molecule has 0 aliphatic carbocycles. The molecule has 2 aliphatic heterocycles. The van der Waals surface area contributed by atoms with Crippen LogP contribution in [-0.4, -0.2) is 65.4 Å². The molecule has 3 unspecified atom stereocenters. The maximum absolute atomic E-state index is 13.3. The number of amides is 2. The van der Waals surface area contributed by atoms with Crippen molar-refractivity contribution in [3.05, 3.63) is 48.0 Å². The lowest BCUT2D eigenvalue weighted by Crippen LogP contribution is -2.45. The molecule has 1 fully saturated rings. The van der Waals surface area contributed by atoms with E-state index >= 15 is 0 Å². The number of ether oxygens (including phenoxy) is 1. The van der Waals surface area contributed by atoms with E-state index in [0.717, 1.165) is 37.9 Å². The fourth-order valence-electron chi connectivity index (χ4n) is 4.48. The minimum absolute atomic E-state index is 0.0470. The molecule has 2 amide bonds. The topological polar surface area (TPSA) is 95.9 Å². The third-order valence-corrected chi connectivity index (χ3v) is 7.69. The average molecular weight is 503 g/mol. The van der Waals surface area contributed by atoms with Crippen LogP contribution in [-0.2, 0) is 24.9 Å². The van der Waals surface area contributed by atoms with Gasteiger partial charge in [-0.15, -0.1) is 0 Å². The van der Waals surface area contributed by atoms with Crippen molar-refractivity contribution in [2.45, 2.75) is 69.2 Å². The number of benzene rings is 1. The van der Waals surface area contributed by atoms with Crippen LogP contribution in [0.4, 0.5) is 0 Å². The summed E-state index contributed by atoms with van der Waals surface area (Å²) in [6, 6.07) is 9.61. The summed E-state index contributed by atoms with van der Waals surface area (Å²) in [7, 11) is 0. The fourth-order valence-corrected chi connectivity index (χ4v) is 5.49. The highest BCUT2D eigenvalue weighted by Crippen LogP contribution is 2.22. The maximum Gasteiger partial charge on any atom is 0.305 e. The number of allylic oxidation sites excluding steroid dienone is 2. The molecule has 192 valence electrons. The standard InChI is InChI=1S/C27H38N2O5S/c30-17-24-13-9-15-29(24)25(31)16-22-12-7-2-1-3-8-14-26(32)34-18-23(28-27(22)33)20-35-19-21-10-5-4-6-11-21/h2,4-7,10-11,22-24,30H,1,3,8-9,12-20H2,(H,28,33). The predicted molar refractivity (Wildman–Crippen MR) is 138 cm³/mol. The first-order chi connectivity index (χ1) is 17.1. The number of aliphatic hydroxyl groups excluding tert-OH is 1. The lowest BCUT2D eigenvalue weighted by atomic mass is 9.98. The quantitative estimate of drug-likeness (QED) is 0.438. The Labute approximate surface area is 212 Å². The van der Waals surface area contributed by atoms with Crippen LogP contribution in [0.2, 0.25) is 0 Å². The van der Waals surface area contributed by atoms with Crippen molar-refractivity contribution in [3.63, 3.8) is 0 Å². The zero-order valence-corrected chi connectivity index (χ0v) is 21.2. The van der Waals surface area contributed by atoms with E-state index in [-0.39, 0.29) is 49.5 Å². The first-order valence-electron chi connectivity index (χ1n) is 12.7. The van der Waals surface area contributed by atoms with E-state index in [4.69, 9.17) is 4.74 Å². The van der Waals surface area contributed by atoms with Crippen LogP contribution in [0.15, 0.2) is 42.5 Å². The largest absolute Gasteiger partial charge is 0.463 e. The third kappa shape index (κ3) is 9.33. The van der Waals surface area contributed by atoms with Gasteiger partial charge in [-0.3, -0.25) is 14.4 Å². The molecule has 0 radical (unpaired) electrons. The number of nitrogens with one attached hydrogen (secondary N) is 1. The molecule has 7 nitrogen and oxygen atoms in total. The monoisotopic (exact) mass is 502 g/mol. The number of carbonyl (C=O) groups excluding carboxylic acids is 3. The van der Waals surface area contributed by atoms with Crippen LogP contribution in [0, 0.1) is 5.92 Å². The Morgan fingerprint density at radius 3 is 2.77 bits per heavy atom. The first-order valence-corrected chi connectivity index (χ1v) is 13.8. The van der Waals surface area contributed by atoms with Gasteiger partial charge in [0.2, 0.25) is 11.8 Å². The molecule has 0 saturated carbocycles. The molecule has 1 aromatic carbocycles. The molecule has 2 N–H and O–H groups in total. The van der Waals surface area contributed by atoms with E-state index in [2.05, 4.69) is 17.4 Å². The van der Waals surface area contributed by atoms with E-state index in [1.807, 2.05) is 30.4 Å². The van der Waals surface area contributed by atoms with E-state index < -0.39 is 5.92 Å². The van der Waals surface area contributed by atoms with Gasteiger partial charge in [0.05, 0.1) is 24.6 Å². The molecule has 2 aliphatic rings. The SMILES string of the molecule is O=C1CCCCC=CCC(CC(=O)N2CCCC2CO)C(=O)NC(CSCc2ccccc2)CO1. The van der Waals surface area contributed by atoms with Gasteiger partial charge in [-0.2, -0.15) is 11.8 Å². The Morgan fingerprint density at radius 1 is 1.14 bits per heavy atom. The van der Waals surface area contributed by atoms with Crippen LogP contribution in [0.3, 0.4) is 0 Å². The van der Waals surface area contributed by atoms with Crippen molar-refractivity contribution in [2.24, 2.45) is 5.92 Å². The summed E-state index contributed by atoms with van der Waals surface area (Å²) in [5, 5.41) is 12.7. The number of thioether (sulfide) groups is 1. The van der Waals surface area contributed by atoms with Crippen molar-refractivity contribution < 1.29 is 24.2 Å². The smallest absolute Gasteiger partial charge is 0.305 e. The summed E-state index contributed by atoms with van der Waals surface area (Å²) in [6.45, 7) is 0.707. The Kier molecular flexibility index (Phi) is 11.6. The number of cyclic esters (lactones) is 1. The molecule has 2 heterocycles. The number of carbonyl (C=O) groups is 3. The normalized spacial score (nSPS) is 24.5. The molecule has 0 aromatic heterocycles. The number of hydrogen-bond acceptors (Lipinski definition) is 6. The Hall–Kier alpha value is -2.32. The molecule has 0 spiro atoms. The van der Waals surface area contributed by atoms with E-state index in [0.29, 0.717) is 25.1 Å². The zero-order valence-electron chi connectivity index (χ0n) is 20.4. The summed E-state index contributed by atoms with van der Waals surface area (Å²) in [6.07, 6.45) is 9.12. The Balaban J connectivity index is 1.65. The third-order valence-electron chi connectivity index (χ3n) is 6.51. The van der Waals surface area contributed by atoms with Crippen molar-refractivity contribution in [2.75, 3.05) is 25.5 Å². The molecule has 1 aromatic rings. The summed E-state index contributed by atoms with van der Waals surface area (Å²) in [4.78, 5) is 40.2. The Morgan fingerprint density at radius 2 is 1.97 bits per heavy atom. The van der Waals surface area contributed by atoms with Crippen LogP contribution in [0.25, 0.3) is 0 Å². The van der Waals surface area contributed by atoms with Gasteiger partial charge < -0.3 is 20.1 Å². The van der Waals surface area contributed by atoms with Crippen molar-refractivity contribution in [1.82, 2.24) is 10.2 Å². The highest BCUT2D eigenvalue weighted by Gasteiger charge is 2.31. The lowest BCUT2D eigenvalue weighted by Gasteiger charge is -2.26. The van der Waals surface area contributed by atoms with Crippen LogP contribution in [0.5, 0.6) is 0 Å². The van der Waals surface area contributed by atoms with Crippen molar-refractivity contribution >= 4 is 29.5 Å². The average Bonchev–Trinajstić information content (AvgIpc) is 3.35. The number of rotatable bonds is 7. The van der Waals surface area contributed by atoms with E-state index in [9.17, 15) is 19.5 Å². The second-order valence-electron chi connectivity index (χ2n) is 9.31. The van der Waals surface area contributed by atoms with Crippen LogP contribution in [0.1, 0.15) is 56.9 Å². The summed E-state index contributed by atoms with van der Waals surface area (Å²) >= 11 is 1.68. The van der Waals surface area contributed by atoms with Gasteiger partial charge in [0.25, 0.3) is 0 Å². The highest BCUT2D eigenvalue weighted by atomic mass is 32.2. The Bertz CT molecular complexity index is 847. The molecular weight excluding hydrogens is 464 g/mol. The van der Waals surface area contributed by atoms with Gasteiger partial charge in [-0.25, -0.2) is 0 Å². The van der Waals surface area contributed by atoms with Crippen LogP contribution >= 0.6 is 11.8 Å². The highest BCUT2D eigenvalue weighted by molar-refractivity contribution is 7.98. The fraction of sp³-hybridized carbons (Fsp3) is 0.593. The molecule has 1 saturated heterocycles. The van der Waals surface area contributed by atoms with E-state index in [1.54, 1.807) is 16.7 Å². The second kappa shape index (κ2) is 14.9. The number of hydrogen-bond donors (Lipinski definition) is 2. The minimum Gasteiger partial charge on any atom is -0.463 e. The number of likely N-dealkylation sites (tertiary alicyclic amines) is 1. The van der Waals surface area contributed by atoms with Gasteiger partial charge >= 0.3 is 5.97 Å². The molecule has 8 heteroatoms. The van der Waals surface area contributed by atoms with Gasteiger partial charge in [0.1, 0.15) is 6.61 Å². The molecule has 35 heavy (non-hydrogen) atoms. The van der Waals surface area contributed by atoms with Crippen molar-refractivity contribution in [1.29, 1.82) is 0 Å². The minimum atomic E-state index is -0.501.